The molecule has 1 unspecified atom stereocenters. The summed E-state index contributed by atoms with van der Waals surface area (Å²) < 4.78 is 36.8. The minimum absolute atomic E-state index is 0. The molecule has 0 bridgehead atoms. The Balaban J connectivity index is -0.00000420. The van der Waals surface area contributed by atoms with Crippen LogP contribution in [0.25, 0.3) is 0 Å². The molecule has 0 fully saturated rings. The van der Waals surface area contributed by atoms with Gasteiger partial charge >= 0.3 is 65.1 Å². The first-order chi connectivity index (χ1) is 14.3. The van der Waals surface area contributed by atoms with Gasteiger partial charge in [0, 0.05) is 0 Å². The van der Waals surface area contributed by atoms with Gasteiger partial charge in [-0.3, -0.25) is 4.79 Å². The van der Waals surface area contributed by atoms with Crippen molar-refractivity contribution in [2.45, 2.75) is 115 Å². The summed E-state index contributed by atoms with van der Waals surface area (Å²) in [6, 6.07) is 0. The summed E-state index contributed by atoms with van der Waals surface area (Å²) in [6.45, 7) is 2.24. The Morgan fingerprint density at radius 1 is 0.812 bits per heavy atom. The Labute approximate surface area is 238 Å². The zero-order chi connectivity index (χ0) is 22.7. The Morgan fingerprint density at radius 3 is 1.59 bits per heavy atom. The quantitative estimate of drug-likeness (QED) is 0.0632. The van der Waals surface area contributed by atoms with E-state index >= 15 is 0 Å². The van der Waals surface area contributed by atoms with Crippen LogP contribution in [0, 0.1) is 0 Å². The van der Waals surface area contributed by atoms with Crippen molar-refractivity contribution in [2.24, 2.45) is 0 Å². The van der Waals surface area contributed by atoms with Gasteiger partial charge < -0.3 is 19.2 Å². The van der Waals surface area contributed by atoms with Crippen molar-refractivity contribution in [3.8, 4) is 0 Å². The molecule has 0 amide bonds. The topological polar surface area (TPSA) is 124 Å². The first kappa shape index (κ1) is 37.1. The minimum atomic E-state index is -5.16. The second kappa shape index (κ2) is 24.7. The van der Waals surface area contributed by atoms with Crippen molar-refractivity contribution in [2.75, 3.05) is 0 Å². The van der Waals surface area contributed by atoms with Crippen molar-refractivity contribution >= 4 is 22.1 Å². The molecule has 0 N–H and O–H groups in total. The summed E-state index contributed by atoms with van der Waals surface area (Å²) in [7, 11) is -5.16. The molecule has 0 heterocycles. The predicted molar refractivity (Wildman–Crippen MR) is 113 cm³/mol. The maximum atomic E-state index is 11.4. The molecular formula is C22H38Na2O7S. The third-order valence-electron chi connectivity index (χ3n) is 4.98. The monoisotopic (exact) mass is 492 g/mol. The average molecular weight is 493 g/mol. The summed E-state index contributed by atoms with van der Waals surface area (Å²) in [5.41, 5.74) is 0. The first-order valence-electron chi connectivity index (χ1n) is 11.3. The Hall–Kier alpha value is 0.590. The van der Waals surface area contributed by atoms with Crippen molar-refractivity contribution in [3.05, 3.63) is 12.3 Å². The molecule has 0 saturated carbocycles. The van der Waals surface area contributed by atoms with Crippen molar-refractivity contribution < 1.29 is 91.5 Å². The third-order valence-corrected chi connectivity index (χ3v) is 6.04. The molecule has 0 rings (SSSR count). The van der Waals surface area contributed by atoms with Gasteiger partial charge in [-0.2, -0.15) is 0 Å². The van der Waals surface area contributed by atoms with Crippen LogP contribution in [0.1, 0.15) is 110 Å². The maximum absolute atomic E-state index is 11.4. The van der Waals surface area contributed by atoms with Crippen LogP contribution in [0.2, 0.25) is 0 Å². The molecule has 1 atom stereocenters. The van der Waals surface area contributed by atoms with Gasteiger partial charge in [0.15, 0.2) is 0 Å². The van der Waals surface area contributed by atoms with Crippen LogP contribution in [-0.4, -0.2) is 30.2 Å². The van der Waals surface area contributed by atoms with Crippen LogP contribution < -0.4 is 64.2 Å². The summed E-state index contributed by atoms with van der Waals surface area (Å²) in [6.07, 6.45) is 20.2. The van der Waals surface area contributed by atoms with E-state index in [1.165, 1.54) is 77.0 Å². The number of hydrogen-bond acceptors (Lipinski definition) is 7. The number of carbonyl (C=O) groups is 2. The molecule has 176 valence electrons. The SMILES string of the molecule is CCCCCCCCCCCCCCCCC=COC(=O)CC(C(=O)[O-])S(=O)(=O)[O-].[Na+].[Na+]. The number of hydrogen-bond donors (Lipinski definition) is 0. The molecule has 10 heteroatoms. The summed E-state index contributed by atoms with van der Waals surface area (Å²) >= 11 is 0. The molecule has 0 spiro atoms. The molecule has 0 radical (unpaired) electrons. The molecule has 7 nitrogen and oxygen atoms in total. The van der Waals surface area contributed by atoms with E-state index in [0.29, 0.717) is 6.42 Å². The number of carboxylic acids is 1. The molecular weight excluding hydrogens is 454 g/mol. The van der Waals surface area contributed by atoms with Gasteiger partial charge in [0.25, 0.3) is 0 Å². The van der Waals surface area contributed by atoms with Crippen LogP contribution in [0.15, 0.2) is 12.3 Å². The van der Waals surface area contributed by atoms with Crippen molar-refractivity contribution in [1.29, 1.82) is 0 Å². The van der Waals surface area contributed by atoms with E-state index in [0.717, 1.165) is 19.1 Å². The number of rotatable bonds is 20. The standard InChI is InChI=1S/C22H40O7S.2Na/c1-2-3-4-5-6-7-8-9-10-11-12-13-14-15-16-17-18-29-21(23)19-20(22(24)25)30(26,27)28;;/h17-18,20H,2-16,19H2,1H3,(H,24,25)(H,26,27,28);;/q;2*+1/p-2. The van der Waals surface area contributed by atoms with Crippen molar-refractivity contribution in [1.82, 2.24) is 0 Å². The van der Waals surface area contributed by atoms with Crippen LogP contribution in [0.3, 0.4) is 0 Å². The molecule has 0 aromatic heterocycles. The maximum Gasteiger partial charge on any atom is 1.00 e. The Morgan fingerprint density at radius 2 is 1.22 bits per heavy atom. The van der Waals surface area contributed by atoms with Crippen molar-refractivity contribution in [3.63, 3.8) is 0 Å². The zero-order valence-electron chi connectivity index (χ0n) is 20.3. The van der Waals surface area contributed by atoms with Crippen LogP contribution >= 0.6 is 0 Å². The van der Waals surface area contributed by atoms with Gasteiger partial charge in [-0.25, -0.2) is 8.42 Å². The fourth-order valence-electron chi connectivity index (χ4n) is 3.15. The van der Waals surface area contributed by atoms with E-state index in [1.54, 1.807) is 6.08 Å². The Kier molecular flexibility index (Phi) is 28.7. The minimum Gasteiger partial charge on any atom is -0.747 e. The van der Waals surface area contributed by atoms with Gasteiger partial charge in [0.2, 0.25) is 0 Å². The summed E-state index contributed by atoms with van der Waals surface area (Å²) in [5.74, 6) is -3.20. The van der Waals surface area contributed by atoms with E-state index in [-0.39, 0.29) is 59.1 Å². The van der Waals surface area contributed by atoms with E-state index < -0.39 is 33.7 Å². The second-order valence-electron chi connectivity index (χ2n) is 7.75. The number of carboxylic acid groups (broad SMARTS) is 1. The summed E-state index contributed by atoms with van der Waals surface area (Å²) in [4.78, 5) is 22.0. The number of carbonyl (C=O) groups excluding carboxylic acids is 2. The van der Waals surface area contributed by atoms with Gasteiger partial charge in [-0.05, 0) is 18.9 Å². The number of aliphatic carboxylic acids is 1. The average Bonchev–Trinajstić information content (AvgIpc) is 2.67. The van der Waals surface area contributed by atoms with Gasteiger partial charge in [0.1, 0.15) is 10.1 Å². The predicted octanol–water partition coefficient (Wildman–Crippen LogP) is -2.02. The molecule has 32 heavy (non-hydrogen) atoms. The zero-order valence-corrected chi connectivity index (χ0v) is 25.1. The van der Waals surface area contributed by atoms with Gasteiger partial charge in [0.05, 0.1) is 23.9 Å². The number of ether oxygens (including phenoxy) is 1. The smallest absolute Gasteiger partial charge is 0.747 e. The molecule has 0 saturated heterocycles. The first-order valence-corrected chi connectivity index (χ1v) is 12.8. The summed E-state index contributed by atoms with van der Waals surface area (Å²) in [5, 5.41) is 8.17. The second-order valence-corrected chi connectivity index (χ2v) is 9.31. The number of unbranched alkanes of at least 4 members (excludes halogenated alkanes) is 14. The Bertz CT molecular complexity index is 595. The van der Waals surface area contributed by atoms with Crippen LogP contribution in [-0.2, 0) is 24.4 Å². The molecule has 0 aromatic carbocycles. The number of esters is 1. The van der Waals surface area contributed by atoms with E-state index in [2.05, 4.69) is 11.7 Å². The van der Waals surface area contributed by atoms with Crippen LogP contribution in [0.5, 0.6) is 0 Å². The third kappa shape index (κ3) is 23.7. The van der Waals surface area contributed by atoms with Gasteiger partial charge in [-0.15, -0.1) is 0 Å². The van der Waals surface area contributed by atoms with Crippen LogP contribution in [0.4, 0.5) is 0 Å². The normalized spacial score (nSPS) is 12.1. The largest absolute Gasteiger partial charge is 1.00 e. The van der Waals surface area contributed by atoms with E-state index in [4.69, 9.17) is 0 Å². The fraction of sp³-hybridized carbons (Fsp3) is 0.818. The number of allylic oxidation sites excluding steroid dienone is 1. The molecule has 0 aliphatic heterocycles. The van der Waals surface area contributed by atoms with E-state index in [1.807, 2.05) is 0 Å². The molecule has 0 aliphatic carbocycles. The fourth-order valence-corrected chi connectivity index (χ4v) is 3.73. The van der Waals surface area contributed by atoms with Gasteiger partial charge in [-0.1, -0.05) is 90.4 Å². The van der Waals surface area contributed by atoms with E-state index in [9.17, 15) is 27.7 Å². The molecule has 0 aromatic rings. The molecule has 0 aliphatic rings.